The van der Waals surface area contributed by atoms with Crippen molar-refractivity contribution in [1.29, 1.82) is 10.7 Å². The summed E-state index contributed by atoms with van der Waals surface area (Å²) in [5.74, 6) is -2.68. The molecule has 0 rings (SSSR count). The van der Waals surface area contributed by atoms with Crippen molar-refractivity contribution in [3.63, 3.8) is 0 Å². The lowest BCUT2D eigenvalue weighted by Crippen LogP contribution is -2.38. The zero-order valence-electron chi connectivity index (χ0n) is 38.5. The van der Waals surface area contributed by atoms with E-state index in [0.717, 1.165) is 0 Å². The van der Waals surface area contributed by atoms with Crippen LogP contribution in [-0.4, -0.2) is 128 Å². The van der Waals surface area contributed by atoms with Crippen LogP contribution in [0.5, 0.6) is 0 Å². The highest BCUT2D eigenvalue weighted by atomic mass is 16.5. The molecule has 0 amide bonds. The number of amidine groups is 1. The van der Waals surface area contributed by atoms with Gasteiger partial charge in [0.1, 0.15) is 16.9 Å². The van der Waals surface area contributed by atoms with Crippen LogP contribution in [0.3, 0.4) is 0 Å². The minimum atomic E-state index is -1.25. The first kappa shape index (κ1) is 60.0. The highest BCUT2D eigenvalue weighted by Crippen LogP contribution is 2.25. The quantitative estimate of drug-likeness (QED) is 0.0160. The minimum absolute atomic E-state index is 0.0243. The van der Waals surface area contributed by atoms with Gasteiger partial charge in [-0.15, -0.1) is 5.11 Å². The molecule has 62 heavy (non-hydrogen) atoms. The van der Waals surface area contributed by atoms with Gasteiger partial charge in [-0.05, 0) is 81.6 Å². The second-order valence-corrected chi connectivity index (χ2v) is 15.6. The third kappa shape index (κ3) is 25.4. The summed E-state index contributed by atoms with van der Waals surface area (Å²) in [5.41, 5.74) is -0.201. The Hall–Kier alpha value is -6.26. The first-order valence-corrected chi connectivity index (χ1v) is 19.0. The first-order chi connectivity index (χ1) is 28.4. The van der Waals surface area contributed by atoms with Gasteiger partial charge in [0.05, 0.1) is 66.9 Å². The fraction of sp³-hybridized carbons (Fsp3) is 0.744. The topological polar surface area (TPSA) is 333 Å². The summed E-state index contributed by atoms with van der Waals surface area (Å²) < 4.78 is 22.7. The van der Waals surface area contributed by atoms with Crippen LogP contribution in [0.15, 0.2) is 35.7 Å². The molecule has 0 heterocycles. The first-order valence-electron chi connectivity index (χ1n) is 19.0. The molecule has 0 saturated heterocycles. The summed E-state index contributed by atoms with van der Waals surface area (Å²) in [6, 6.07) is 1.97. The maximum absolute atomic E-state index is 11.3. The number of carbonyl (C=O) groups excluding carboxylic acids is 5. The summed E-state index contributed by atoms with van der Waals surface area (Å²) in [7, 11) is 5.06. The van der Waals surface area contributed by atoms with E-state index in [2.05, 4.69) is 64.2 Å². The van der Waals surface area contributed by atoms with Crippen molar-refractivity contribution in [2.45, 2.75) is 148 Å². The highest BCUT2D eigenvalue weighted by Gasteiger charge is 2.35. The molecule has 0 fully saturated rings. The van der Waals surface area contributed by atoms with Crippen LogP contribution >= 0.6 is 0 Å². The van der Waals surface area contributed by atoms with Gasteiger partial charge in [-0.1, -0.05) is 0 Å². The average molecular weight is 880 g/mol. The molecule has 0 aliphatic rings. The Labute approximate surface area is 363 Å². The number of rotatable bonds is 24. The summed E-state index contributed by atoms with van der Waals surface area (Å²) in [4.78, 5) is 72.8. The van der Waals surface area contributed by atoms with E-state index in [-0.39, 0.29) is 51.1 Å². The molecular weight excluding hydrogens is 814 g/mol. The second kappa shape index (κ2) is 28.3. The summed E-state index contributed by atoms with van der Waals surface area (Å²) in [6.07, 6.45) is 1.18. The molecule has 23 nitrogen and oxygen atoms in total. The van der Waals surface area contributed by atoms with Gasteiger partial charge in [0.15, 0.2) is 16.6 Å². The summed E-state index contributed by atoms with van der Waals surface area (Å²) >= 11 is 0. The maximum Gasteiger partial charge on any atom is 0.338 e. The zero-order valence-corrected chi connectivity index (χ0v) is 38.5. The molecule has 0 radical (unpaired) electrons. The number of methoxy groups -OCH3 is 4. The third-order valence-electron chi connectivity index (χ3n) is 8.24. The number of carboxylic acid groups (broad SMARTS) is 1. The summed E-state index contributed by atoms with van der Waals surface area (Å²) in [6.45, 7) is 24.1. The lowest BCUT2D eigenvalue weighted by Gasteiger charge is -2.23. The van der Waals surface area contributed by atoms with Crippen molar-refractivity contribution < 1.29 is 57.6 Å². The Balaban J connectivity index is -0.000000859. The molecular formula is C39H65N11O12. The van der Waals surface area contributed by atoms with Gasteiger partial charge >= 0.3 is 35.5 Å². The molecule has 0 aliphatic carbocycles. The SMILES string of the molecule is CC(C)(N=NC(C)(C)C(N)=NCCC(=O)O)C(=N)CCCOC=O.COC(=O)C(C)(C)N=NC(C)(C)C(=O)OC.[C-]#[N+]C(C)(CCC(=O)OC)N=NC(C)(C#N)CCC(=O)OC. The third-order valence-corrected chi connectivity index (χ3v) is 8.24. The van der Waals surface area contributed by atoms with Crippen LogP contribution < -0.4 is 5.73 Å². The largest absolute Gasteiger partial charge is 0.481 e. The number of aliphatic carboxylic acids is 1. The van der Waals surface area contributed by atoms with Crippen LogP contribution in [0, 0.1) is 23.3 Å². The van der Waals surface area contributed by atoms with Gasteiger partial charge in [-0.2, -0.15) is 30.8 Å². The van der Waals surface area contributed by atoms with E-state index in [9.17, 15) is 34.0 Å². The van der Waals surface area contributed by atoms with E-state index in [4.69, 9.17) is 22.8 Å². The van der Waals surface area contributed by atoms with E-state index < -0.39 is 63.2 Å². The van der Waals surface area contributed by atoms with E-state index in [1.807, 2.05) is 6.07 Å². The molecule has 0 aromatic carbocycles. The second-order valence-electron chi connectivity index (χ2n) is 15.6. The van der Waals surface area contributed by atoms with Crippen molar-refractivity contribution in [2.75, 3.05) is 41.6 Å². The molecule has 348 valence electrons. The molecule has 0 bridgehead atoms. The van der Waals surface area contributed by atoms with E-state index in [0.29, 0.717) is 25.0 Å². The highest BCUT2D eigenvalue weighted by molar-refractivity contribution is 5.91. The number of carboxylic acids is 1. The number of nitrogens with two attached hydrogens (primary N) is 1. The van der Waals surface area contributed by atoms with E-state index in [1.54, 1.807) is 55.4 Å². The number of hydrogen-bond acceptors (Lipinski definition) is 20. The lowest BCUT2D eigenvalue weighted by atomic mass is 9.96. The molecule has 0 aliphatic heterocycles. The monoisotopic (exact) mass is 879 g/mol. The Kier molecular flexibility index (Phi) is 27.4. The standard InChI is InChI=1S/C15H27N5O4.C14H20N4O4.C10H18N2O4/c1-14(2,11(16)6-5-9-24-10-21)19-20-15(3,4)13(17)18-8-7-12(22)23;1-13(10-15,8-6-11(19)21-4)17-18-14(2,16-3)9-7-12(20)22-5;1-9(2,7(13)15-5)11-12-10(3,4)8(14)16-6/h10,16H,5-9H2,1-4H3,(H2,17,18)(H,22,23);6-9H2,1-2,4-5H3;1-6H3. The van der Waals surface area contributed by atoms with Crippen molar-refractivity contribution in [3.8, 4) is 6.07 Å². The number of esters is 4. The molecule has 23 heteroatoms. The molecule has 2 atom stereocenters. The predicted octanol–water partition coefficient (Wildman–Crippen LogP) is 5.41. The smallest absolute Gasteiger partial charge is 0.338 e. The van der Waals surface area contributed by atoms with Crippen molar-refractivity contribution in [3.05, 3.63) is 11.4 Å². The Bertz CT molecular complexity index is 1650. The average Bonchev–Trinajstić information content (AvgIpc) is 3.23. The van der Waals surface area contributed by atoms with Crippen LogP contribution in [-0.2, 0) is 52.5 Å². The number of hydrogen-bond donors (Lipinski definition) is 3. The Morgan fingerprint density at radius 2 is 1.16 bits per heavy atom. The van der Waals surface area contributed by atoms with E-state index in [1.165, 1.54) is 42.3 Å². The lowest BCUT2D eigenvalue weighted by molar-refractivity contribution is -0.148. The van der Waals surface area contributed by atoms with Gasteiger partial charge < -0.3 is 39.9 Å². The molecule has 0 aromatic heterocycles. The van der Waals surface area contributed by atoms with Crippen molar-refractivity contribution in [2.24, 2.45) is 41.4 Å². The predicted molar refractivity (Wildman–Crippen MR) is 224 cm³/mol. The van der Waals surface area contributed by atoms with Gasteiger partial charge in [-0.3, -0.25) is 29.0 Å². The number of nitriles is 1. The van der Waals surface area contributed by atoms with Gasteiger partial charge in [-0.25, -0.2) is 16.2 Å². The van der Waals surface area contributed by atoms with E-state index >= 15 is 0 Å². The van der Waals surface area contributed by atoms with Crippen LogP contribution in [0.2, 0.25) is 0 Å². The maximum atomic E-state index is 11.3. The number of azo groups is 3. The van der Waals surface area contributed by atoms with Crippen molar-refractivity contribution >= 4 is 47.9 Å². The van der Waals surface area contributed by atoms with Gasteiger partial charge in [0.25, 0.3) is 6.47 Å². The molecule has 0 saturated carbocycles. The van der Waals surface area contributed by atoms with Crippen LogP contribution in [0.4, 0.5) is 0 Å². The van der Waals surface area contributed by atoms with Gasteiger partial charge in [0, 0.05) is 19.1 Å². The number of nitrogens with zero attached hydrogens (tertiary/aromatic N) is 9. The van der Waals surface area contributed by atoms with Crippen LogP contribution in [0.1, 0.15) is 114 Å². The fourth-order valence-corrected chi connectivity index (χ4v) is 3.71. The number of aliphatic imine (C=N–C) groups is 1. The zero-order chi connectivity index (χ0) is 49.0. The molecule has 0 aromatic rings. The molecule has 2 unspecified atom stereocenters. The molecule has 0 spiro atoms. The normalized spacial score (nSPS) is 14.0. The fourth-order valence-electron chi connectivity index (χ4n) is 3.71. The number of nitrogens with one attached hydrogen (secondary N) is 1. The number of ether oxygens (including phenoxy) is 5. The summed E-state index contributed by atoms with van der Waals surface area (Å²) in [5, 5.41) is 49.7. The molecule has 4 N–H and O–H groups in total. The minimum Gasteiger partial charge on any atom is -0.481 e. The Morgan fingerprint density at radius 3 is 1.56 bits per heavy atom. The van der Waals surface area contributed by atoms with Crippen LogP contribution in [0.25, 0.3) is 4.85 Å². The van der Waals surface area contributed by atoms with Gasteiger partial charge in [0.2, 0.25) is 0 Å². The Morgan fingerprint density at radius 1 is 0.710 bits per heavy atom. The van der Waals surface area contributed by atoms with Crippen molar-refractivity contribution in [1.82, 2.24) is 0 Å². The number of carbonyl (C=O) groups is 6.